The fraction of sp³-hybridized carbons (Fsp3) is 0.219. The van der Waals surface area contributed by atoms with Crippen LogP contribution in [0, 0.1) is 6.92 Å². The van der Waals surface area contributed by atoms with Gasteiger partial charge in [0.1, 0.15) is 5.82 Å². The number of anilines is 3. The quantitative estimate of drug-likeness (QED) is 0.183. The fourth-order valence-electron chi connectivity index (χ4n) is 5.09. The highest BCUT2D eigenvalue weighted by molar-refractivity contribution is 7.92. The van der Waals surface area contributed by atoms with E-state index in [9.17, 15) is 13.5 Å². The van der Waals surface area contributed by atoms with Crippen molar-refractivity contribution in [2.75, 3.05) is 24.3 Å². The van der Waals surface area contributed by atoms with Crippen molar-refractivity contribution in [2.24, 2.45) is 0 Å². The van der Waals surface area contributed by atoms with Crippen LogP contribution < -0.4 is 19.5 Å². The minimum absolute atomic E-state index is 0.0122. The molecular formula is C32H32N8O5S. The first-order valence-corrected chi connectivity index (χ1v) is 15.7. The number of rotatable bonds is 10. The minimum Gasteiger partial charge on any atom is -0.481 e. The van der Waals surface area contributed by atoms with Crippen molar-refractivity contribution in [1.29, 1.82) is 0 Å². The van der Waals surface area contributed by atoms with E-state index in [4.69, 9.17) is 14.5 Å². The second-order valence-corrected chi connectivity index (χ2v) is 12.9. The number of hydrogen-bond acceptors (Lipinski definition) is 11. The molecule has 0 saturated heterocycles. The molecule has 0 bridgehead atoms. The van der Waals surface area contributed by atoms with E-state index in [2.05, 4.69) is 30.1 Å². The van der Waals surface area contributed by atoms with Gasteiger partial charge >= 0.3 is 0 Å². The molecule has 0 radical (unpaired) electrons. The van der Waals surface area contributed by atoms with Crippen LogP contribution >= 0.6 is 0 Å². The van der Waals surface area contributed by atoms with Gasteiger partial charge in [0.2, 0.25) is 17.7 Å². The van der Waals surface area contributed by atoms with Crippen molar-refractivity contribution < 1.29 is 23.0 Å². The first kappa shape index (κ1) is 30.7. The van der Waals surface area contributed by atoms with Crippen molar-refractivity contribution >= 4 is 49.2 Å². The highest BCUT2D eigenvalue weighted by Crippen LogP contribution is 2.34. The summed E-state index contributed by atoms with van der Waals surface area (Å²) in [5.41, 5.74) is 3.44. The number of nitrogens with zero attached hydrogens (tertiary/aromatic N) is 6. The number of nitrogens with one attached hydrogen (secondary N) is 2. The lowest BCUT2D eigenvalue weighted by molar-refractivity contribution is 0.0591. The Balaban J connectivity index is 1.26. The molecule has 4 heterocycles. The summed E-state index contributed by atoms with van der Waals surface area (Å²) in [4.78, 5) is 17.4. The zero-order valence-electron chi connectivity index (χ0n) is 25.8. The number of aryl methyl sites for hydroxylation is 1. The van der Waals surface area contributed by atoms with Gasteiger partial charge in [-0.3, -0.25) is 9.67 Å². The maximum absolute atomic E-state index is 13.0. The van der Waals surface area contributed by atoms with Gasteiger partial charge in [-0.15, -0.1) is 0 Å². The number of sulfonamides is 1. The summed E-state index contributed by atoms with van der Waals surface area (Å²) in [7, 11) is -1.19. The molecule has 14 heteroatoms. The van der Waals surface area contributed by atoms with E-state index in [1.165, 1.54) is 32.4 Å². The third kappa shape index (κ3) is 6.25. The minimum atomic E-state index is -4.00. The van der Waals surface area contributed by atoms with Crippen LogP contribution in [0.3, 0.4) is 0 Å². The highest BCUT2D eigenvalue weighted by Gasteiger charge is 2.20. The molecular weight excluding hydrogens is 608 g/mol. The summed E-state index contributed by atoms with van der Waals surface area (Å²) in [6.45, 7) is 5.92. The first-order chi connectivity index (χ1) is 21.9. The highest BCUT2D eigenvalue weighted by atomic mass is 32.2. The third-order valence-electron chi connectivity index (χ3n) is 7.30. The third-order valence-corrected chi connectivity index (χ3v) is 8.64. The largest absolute Gasteiger partial charge is 0.481 e. The molecule has 0 aliphatic heterocycles. The predicted octanol–water partition coefficient (Wildman–Crippen LogP) is 5.08. The van der Waals surface area contributed by atoms with E-state index in [0.717, 1.165) is 38.5 Å². The van der Waals surface area contributed by atoms with Gasteiger partial charge in [0.25, 0.3) is 10.0 Å². The molecule has 0 unspecified atom stereocenters. The fourth-order valence-corrected chi connectivity index (χ4v) is 6.04. The van der Waals surface area contributed by atoms with E-state index in [-0.39, 0.29) is 22.6 Å². The Labute approximate surface area is 265 Å². The first-order valence-electron chi connectivity index (χ1n) is 14.2. The average Bonchev–Trinajstić information content (AvgIpc) is 3.42. The van der Waals surface area contributed by atoms with Crippen LogP contribution in [-0.4, -0.2) is 63.1 Å². The molecule has 0 atom stereocenters. The maximum Gasteiger partial charge on any atom is 0.264 e. The van der Waals surface area contributed by atoms with Gasteiger partial charge in [-0.05, 0) is 68.8 Å². The Hall–Kier alpha value is -5.34. The van der Waals surface area contributed by atoms with Crippen molar-refractivity contribution in [2.45, 2.75) is 37.8 Å². The van der Waals surface area contributed by atoms with Gasteiger partial charge in [-0.25, -0.2) is 18.1 Å². The van der Waals surface area contributed by atoms with E-state index in [0.29, 0.717) is 18.1 Å². The zero-order valence-corrected chi connectivity index (χ0v) is 26.6. The molecule has 0 spiro atoms. The number of methoxy groups -OCH3 is 2. The smallest absolute Gasteiger partial charge is 0.264 e. The number of ether oxygens (including phenoxy) is 2. The van der Waals surface area contributed by atoms with Crippen molar-refractivity contribution in [1.82, 2.24) is 29.7 Å². The summed E-state index contributed by atoms with van der Waals surface area (Å²) in [5.74, 6) is 0.684. The van der Waals surface area contributed by atoms with E-state index < -0.39 is 15.6 Å². The van der Waals surface area contributed by atoms with Gasteiger partial charge < -0.3 is 19.9 Å². The topological polar surface area (TPSA) is 166 Å². The molecule has 46 heavy (non-hydrogen) atoms. The monoisotopic (exact) mass is 640 g/mol. The van der Waals surface area contributed by atoms with E-state index in [1.807, 2.05) is 42.1 Å². The lowest BCUT2D eigenvalue weighted by Crippen LogP contribution is -2.26. The van der Waals surface area contributed by atoms with Gasteiger partial charge in [0.15, 0.2) is 0 Å². The molecule has 0 amide bonds. The van der Waals surface area contributed by atoms with Crippen LogP contribution in [0.1, 0.15) is 19.4 Å². The van der Waals surface area contributed by atoms with Gasteiger partial charge in [-0.1, -0.05) is 6.07 Å². The standard InChI is InChI=1S/C32H32N8O5S/c1-19-23(10-11-26-25(19)17-35-40(26)18-32(2,3)41)30-24-14-27(34-16-20(24)12-13-33-30)36-21-6-8-22(9-7-21)46(42,43)39-31-37-28(44-4)15-29(38-31)45-5/h6-17,41H,18H2,1-5H3,(H,34,36)(H,37,38,39). The molecule has 6 rings (SSSR count). The Bertz CT molecular complexity index is 2160. The normalized spacial score (nSPS) is 12.0. The molecule has 0 aliphatic carbocycles. The molecule has 6 aromatic rings. The summed E-state index contributed by atoms with van der Waals surface area (Å²) in [5, 5.41) is 20.9. The molecule has 13 nitrogen and oxygen atoms in total. The number of aliphatic hydroxyl groups is 1. The SMILES string of the molecule is COc1cc(OC)nc(NS(=O)(=O)c2ccc(Nc3cc4c(-c5ccc6c(cnn6CC(C)(C)O)c5C)nccc4cn3)cc2)n1. The summed E-state index contributed by atoms with van der Waals surface area (Å²) >= 11 is 0. The number of hydrogen-bond donors (Lipinski definition) is 3. The van der Waals surface area contributed by atoms with Crippen molar-refractivity contribution in [3.63, 3.8) is 0 Å². The molecule has 2 aromatic carbocycles. The molecule has 0 fully saturated rings. The Morgan fingerprint density at radius 3 is 2.30 bits per heavy atom. The van der Waals surface area contributed by atoms with Crippen molar-refractivity contribution in [3.05, 3.63) is 78.8 Å². The molecule has 0 aliphatic rings. The summed E-state index contributed by atoms with van der Waals surface area (Å²) in [6.07, 6.45) is 5.34. The second-order valence-electron chi connectivity index (χ2n) is 11.3. The summed E-state index contributed by atoms with van der Waals surface area (Å²) in [6, 6.07) is 15.5. The number of benzene rings is 2. The predicted molar refractivity (Wildman–Crippen MR) is 175 cm³/mol. The maximum atomic E-state index is 13.0. The molecule has 3 N–H and O–H groups in total. The van der Waals surface area contributed by atoms with Crippen LogP contribution in [0.15, 0.2) is 78.1 Å². The van der Waals surface area contributed by atoms with Gasteiger partial charge in [-0.2, -0.15) is 15.1 Å². The van der Waals surface area contributed by atoms with Crippen LogP contribution in [0.5, 0.6) is 11.8 Å². The Morgan fingerprint density at radius 2 is 1.63 bits per heavy atom. The Morgan fingerprint density at radius 1 is 0.913 bits per heavy atom. The zero-order chi connectivity index (χ0) is 32.6. The van der Waals surface area contributed by atoms with Crippen LogP contribution in [0.2, 0.25) is 0 Å². The number of fused-ring (bicyclic) bond motifs is 2. The van der Waals surface area contributed by atoms with Gasteiger partial charge in [0, 0.05) is 39.8 Å². The second kappa shape index (κ2) is 11.9. The average molecular weight is 641 g/mol. The van der Waals surface area contributed by atoms with Crippen molar-refractivity contribution in [3.8, 4) is 23.0 Å². The summed E-state index contributed by atoms with van der Waals surface area (Å²) < 4.78 is 40.4. The molecule has 0 saturated carbocycles. The van der Waals surface area contributed by atoms with E-state index >= 15 is 0 Å². The number of pyridine rings is 2. The van der Waals surface area contributed by atoms with Crippen LogP contribution in [0.25, 0.3) is 32.9 Å². The number of aromatic nitrogens is 6. The van der Waals surface area contributed by atoms with Gasteiger partial charge in [0.05, 0.1) is 54.7 Å². The lowest BCUT2D eigenvalue weighted by Gasteiger charge is -2.18. The lowest BCUT2D eigenvalue weighted by atomic mass is 9.98. The van der Waals surface area contributed by atoms with E-state index in [1.54, 1.807) is 38.4 Å². The molecule has 4 aromatic heterocycles. The molecule has 236 valence electrons. The Kier molecular flexibility index (Phi) is 7.92. The van der Waals surface area contributed by atoms with Crippen LogP contribution in [0.4, 0.5) is 17.5 Å². The van der Waals surface area contributed by atoms with Crippen LogP contribution in [-0.2, 0) is 16.6 Å².